The first-order chi connectivity index (χ1) is 19.3. The number of carbonyl (C=O) groups is 2. The fourth-order valence-corrected chi connectivity index (χ4v) is 5.23. The second-order valence-corrected chi connectivity index (χ2v) is 10.8. The quantitative estimate of drug-likeness (QED) is 0.333. The number of nitriles is 1. The smallest absolute Gasteiger partial charge is 0.287 e. The van der Waals surface area contributed by atoms with Crippen molar-refractivity contribution in [1.29, 1.82) is 5.26 Å². The van der Waals surface area contributed by atoms with E-state index in [-0.39, 0.29) is 23.5 Å². The summed E-state index contributed by atoms with van der Waals surface area (Å²) < 4.78 is 6.57. The van der Waals surface area contributed by atoms with Crippen LogP contribution >= 0.6 is 27.5 Å². The van der Waals surface area contributed by atoms with E-state index in [9.17, 15) is 19.6 Å². The van der Waals surface area contributed by atoms with Crippen LogP contribution in [0.25, 0.3) is 11.0 Å². The molecule has 0 bridgehead atoms. The zero-order chi connectivity index (χ0) is 28.2. The number of anilines is 1. The van der Waals surface area contributed by atoms with Gasteiger partial charge in [-0.05, 0) is 48.0 Å². The summed E-state index contributed by atoms with van der Waals surface area (Å²) in [5, 5.41) is 13.3. The molecular weight excluding hydrogens is 596 g/mol. The highest BCUT2D eigenvalue weighted by Gasteiger charge is 2.30. The van der Waals surface area contributed by atoms with Crippen LogP contribution in [0.15, 0.2) is 86.5 Å². The number of hydrogen-bond acceptors (Lipinski definition) is 6. The van der Waals surface area contributed by atoms with E-state index in [1.54, 1.807) is 59.5 Å². The summed E-state index contributed by atoms with van der Waals surface area (Å²) in [6.07, 6.45) is 0.226. The Hall–Kier alpha value is -4.13. The minimum atomic E-state index is -0.905. The average molecular weight is 620 g/mol. The van der Waals surface area contributed by atoms with E-state index in [0.717, 1.165) is 21.8 Å². The monoisotopic (exact) mass is 618 g/mol. The summed E-state index contributed by atoms with van der Waals surface area (Å²) in [7, 11) is 0. The zero-order valence-corrected chi connectivity index (χ0v) is 23.6. The normalized spacial score (nSPS) is 14.0. The van der Waals surface area contributed by atoms with Crippen molar-refractivity contribution in [2.24, 2.45) is 0 Å². The van der Waals surface area contributed by atoms with Crippen molar-refractivity contribution >= 4 is 56.0 Å². The van der Waals surface area contributed by atoms with Gasteiger partial charge in [0.25, 0.3) is 5.91 Å². The van der Waals surface area contributed by atoms with Crippen molar-refractivity contribution in [3.63, 3.8) is 0 Å². The SMILES string of the molecule is N#Cc1ccc(Br)cc1N1CCN(C(=O)[C@@H](Cc2ccc(Cl)cc2)NC(=O)c2cc(=O)c3ccccc3o2)CC1. The van der Waals surface area contributed by atoms with E-state index in [1.807, 2.05) is 12.1 Å². The van der Waals surface area contributed by atoms with Gasteiger partial charge in [-0.25, -0.2) is 0 Å². The lowest BCUT2D eigenvalue weighted by Gasteiger charge is -2.38. The highest BCUT2D eigenvalue weighted by Crippen LogP contribution is 2.26. The van der Waals surface area contributed by atoms with Crippen molar-refractivity contribution < 1.29 is 14.0 Å². The standard InChI is InChI=1S/C30H24BrClN4O4/c31-21-8-7-20(18-33)25(16-21)35-11-13-36(14-12-35)30(39)24(15-19-5-9-22(32)10-6-19)34-29(38)28-17-26(37)23-3-1-2-4-27(23)40-28/h1-10,16-17,24H,11-15H2,(H,34,38)/t24-/m1/s1. The Morgan fingerprint density at radius 3 is 2.48 bits per heavy atom. The number of amides is 2. The highest BCUT2D eigenvalue weighted by atomic mass is 79.9. The van der Waals surface area contributed by atoms with Crippen LogP contribution in [0.3, 0.4) is 0 Å². The average Bonchev–Trinajstić information content (AvgIpc) is 2.97. The fourth-order valence-electron chi connectivity index (χ4n) is 4.75. The fraction of sp³-hybridized carbons (Fsp3) is 0.200. The molecule has 1 aromatic heterocycles. The molecule has 10 heteroatoms. The van der Waals surface area contributed by atoms with Crippen LogP contribution in [0.5, 0.6) is 0 Å². The van der Waals surface area contributed by atoms with Crippen LogP contribution in [-0.4, -0.2) is 48.9 Å². The highest BCUT2D eigenvalue weighted by molar-refractivity contribution is 9.10. The number of nitrogens with zero attached hydrogens (tertiary/aromatic N) is 3. The Morgan fingerprint density at radius 1 is 1.02 bits per heavy atom. The number of hydrogen-bond donors (Lipinski definition) is 1. The lowest BCUT2D eigenvalue weighted by atomic mass is 10.0. The second-order valence-electron chi connectivity index (χ2n) is 9.41. The number of benzene rings is 3. The summed E-state index contributed by atoms with van der Waals surface area (Å²) in [5.74, 6) is -1.07. The molecule has 2 heterocycles. The minimum absolute atomic E-state index is 0.166. The lowest BCUT2D eigenvalue weighted by Crippen LogP contribution is -2.55. The Balaban J connectivity index is 1.35. The summed E-state index contributed by atoms with van der Waals surface area (Å²) in [6, 6.07) is 21.7. The molecule has 3 aromatic carbocycles. The van der Waals surface area contributed by atoms with Gasteiger partial charge in [-0.1, -0.05) is 51.8 Å². The van der Waals surface area contributed by atoms with Crippen LogP contribution < -0.4 is 15.6 Å². The van der Waals surface area contributed by atoms with E-state index < -0.39 is 11.9 Å². The van der Waals surface area contributed by atoms with Gasteiger partial charge in [0.05, 0.1) is 16.6 Å². The molecule has 1 aliphatic heterocycles. The molecule has 1 fully saturated rings. The Bertz CT molecular complexity index is 1670. The van der Waals surface area contributed by atoms with E-state index in [2.05, 4.69) is 32.2 Å². The Morgan fingerprint density at radius 2 is 1.75 bits per heavy atom. The Labute approximate surface area is 243 Å². The predicted molar refractivity (Wildman–Crippen MR) is 157 cm³/mol. The molecule has 1 aliphatic rings. The summed E-state index contributed by atoms with van der Waals surface area (Å²) in [4.78, 5) is 43.3. The zero-order valence-electron chi connectivity index (χ0n) is 21.3. The van der Waals surface area contributed by atoms with Gasteiger partial charge in [0.1, 0.15) is 17.7 Å². The first kappa shape index (κ1) is 27.4. The number of halogens is 2. The molecular formula is C30H24BrClN4O4. The molecule has 4 aromatic rings. The summed E-state index contributed by atoms with van der Waals surface area (Å²) in [5.41, 5.74) is 2.14. The van der Waals surface area contributed by atoms with Gasteiger partial charge in [0, 0.05) is 48.2 Å². The van der Waals surface area contributed by atoms with Gasteiger partial charge in [0.15, 0.2) is 11.2 Å². The molecule has 0 radical (unpaired) electrons. The molecule has 0 saturated carbocycles. The molecule has 1 N–H and O–H groups in total. The lowest BCUT2D eigenvalue weighted by molar-refractivity contribution is -0.133. The summed E-state index contributed by atoms with van der Waals surface area (Å²) >= 11 is 9.51. The largest absolute Gasteiger partial charge is 0.451 e. The van der Waals surface area contributed by atoms with E-state index in [0.29, 0.717) is 47.7 Å². The van der Waals surface area contributed by atoms with Gasteiger partial charge in [0.2, 0.25) is 5.91 Å². The minimum Gasteiger partial charge on any atom is -0.451 e. The van der Waals surface area contributed by atoms with Gasteiger partial charge in [-0.2, -0.15) is 5.26 Å². The molecule has 0 aliphatic carbocycles. The Kier molecular flexibility index (Phi) is 8.19. The molecule has 40 heavy (non-hydrogen) atoms. The van der Waals surface area contributed by atoms with Crippen LogP contribution in [0.4, 0.5) is 5.69 Å². The maximum absolute atomic E-state index is 13.8. The van der Waals surface area contributed by atoms with E-state index >= 15 is 0 Å². The molecule has 1 atom stereocenters. The maximum atomic E-state index is 13.8. The number of nitrogens with one attached hydrogen (secondary N) is 1. The van der Waals surface area contributed by atoms with Gasteiger partial charge in [-0.3, -0.25) is 14.4 Å². The summed E-state index contributed by atoms with van der Waals surface area (Å²) in [6.45, 7) is 1.87. The van der Waals surface area contributed by atoms with Crippen LogP contribution in [0, 0.1) is 11.3 Å². The maximum Gasteiger partial charge on any atom is 0.287 e. The van der Waals surface area contributed by atoms with Crippen molar-refractivity contribution in [3.8, 4) is 6.07 Å². The van der Waals surface area contributed by atoms with Crippen molar-refractivity contribution in [2.75, 3.05) is 31.1 Å². The number of carbonyl (C=O) groups excluding carboxylic acids is 2. The molecule has 2 amide bonds. The molecule has 0 spiro atoms. The van der Waals surface area contributed by atoms with Crippen molar-refractivity contribution in [1.82, 2.24) is 10.2 Å². The van der Waals surface area contributed by atoms with Crippen LogP contribution in [0.1, 0.15) is 21.7 Å². The van der Waals surface area contributed by atoms with Gasteiger partial charge >= 0.3 is 0 Å². The molecule has 8 nitrogen and oxygen atoms in total. The number of rotatable bonds is 6. The van der Waals surface area contributed by atoms with Crippen molar-refractivity contribution in [3.05, 3.63) is 109 Å². The molecule has 1 saturated heterocycles. The molecule has 0 unspecified atom stereocenters. The third-order valence-corrected chi connectivity index (χ3v) is 7.57. The first-order valence-corrected chi connectivity index (χ1v) is 13.8. The molecule has 202 valence electrons. The van der Waals surface area contributed by atoms with Crippen LogP contribution in [0.2, 0.25) is 5.02 Å². The van der Waals surface area contributed by atoms with Crippen LogP contribution in [-0.2, 0) is 11.2 Å². The predicted octanol–water partition coefficient (Wildman–Crippen LogP) is 4.77. The third-order valence-electron chi connectivity index (χ3n) is 6.83. The molecule has 5 rings (SSSR count). The second kappa shape index (κ2) is 11.9. The first-order valence-electron chi connectivity index (χ1n) is 12.6. The van der Waals surface area contributed by atoms with Gasteiger partial charge in [-0.15, -0.1) is 0 Å². The third kappa shape index (κ3) is 6.03. The van der Waals surface area contributed by atoms with E-state index in [1.165, 1.54) is 0 Å². The van der Waals surface area contributed by atoms with Gasteiger partial charge < -0.3 is 19.5 Å². The number of fused-ring (bicyclic) bond motifs is 1. The number of piperazine rings is 1. The van der Waals surface area contributed by atoms with Crippen molar-refractivity contribution in [2.45, 2.75) is 12.5 Å². The topological polar surface area (TPSA) is 107 Å². The van der Waals surface area contributed by atoms with E-state index in [4.69, 9.17) is 16.0 Å². The number of para-hydroxylation sites is 1.